The lowest BCUT2D eigenvalue weighted by Gasteiger charge is -2.32. The van der Waals surface area contributed by atoms with Crippen molar-refractivity contribution in [2.24, 2.45) is 0 Å². The fraction of sp³-hybridized carbons (Fsp3) is 0.0588. The Morgan fingerprint density at radius 3 is 1.41 bits per heavy atom. The molecule has 0 saturated carbocycles. The fourth-order valence-corrected chi connectivity index (χ4v) is 12.9. The van der Waals surface area contributed by atoms with Gasteiger partial charge in [-0.3, -0.25) is 0 Å². The van der Waals surface area contributed by atoms with E-state index in [0.29, 0.717) is 0 Å². The highest BCUT2D eigenvalue weighted by atomic mass is 16.5. The van der Waals surface area contributed by atoms with Crippen molar-refractivity contribution in [1.29, 1.82) is 0 Å². The number of fused-ring (bicyclic) bond motifs is 19. The molecule has 0 aromatic heterocycles. The molecule has 70 heavy (non-hydrogen) atoms. The first-order valence-electron chi connectivity index (χ1n) is 24.5. The molecule has 11 aromatic carbocycles. The van der Waals surface area contributed by atoms with Crippen LogP contribution < -0.4 is 9.64 Å². The third kappa shape index (κ3) is 5.33. The average Bonchev–Trinajstić information content (AvgIpc) is 3.93. The molecular weight excluding hydrogens is 847 g/mol. The van der Waals surface area contributed by atoms with Crippen molar-refractivity contribution in [3.8, 4) is 78.3 Å². The molecule has 11 aromatic rings. The van der Waals surface area contributed by atoms with Crippen LogP contribution in [0.15, 0.2) is 237 Å². The number of benzene rings is 11. The first kappa shape index (κ1) is 39.3. The lowest BCUT2D eigenvalue weighted by molar-refractivity contribution is 0.488. The number of anilines is 3. The van der Waals surface area contributed by atoms with Gasteiger partial charge in [0.1, 0.15) is 11.5 Å². The zero-order valence-electron chi connectivity index (χ0n) is 38.9. The van der Waals surface area contributed by atoms with Gasteiger partial charge in [-0.1, -0.05) is 190 Å². The van der Waals surface area contributed by atoms with Crippen molar-refractivity contribution < 1.29 is 4.74 Å². The molecule has 0 fully saturated rings. The summed E-state index contributed by atoms with van der Waals surface area (Å²) in [5.74, 6) is 1.69. The van der Waals surface area contributed by atoms with Gasteiger partial charge in [-0.05, 0) is 160 Å². The molecule has 328 valence electrons. The van der Waals surface area contributed by atoms with E-state index in [1.165, 1.54) is 77.7 Å². The molecule has 1 spiro atoms. The highest BCUT2D eigenvalue weighted by Gasteiger charge is 2.51. The van der Waals surface area contributed by atoms with Gasteiger partial charge in [0.05, 0.1) is 5.41 Å². The van der Waals surface area contributed by atoms with Crippen LogP contribution in [0.1, 0.15) is 47.2 Å². The Balaban J connectivity index is 0.989. The first-order valence-corrected chi connectivity index (χ1v) is 24.5. The summed E-state index contributed by atoms with van der Waals surface area (Å²) in [4.78, 5) is 2.50. The van der Waals surface area contributed by atoms with E-state index in [1.54, 1.807) is 0 Å². The maximum absolute atomic E-state index is 7.12. The molecule has 2 heteroatoms. The number of rotatable bonds is 4. The van der Waals surface area contributed by atoms with E-state index < -0.39 is 5.41 Å². The van der Waals surface area contributed by atoms with Gasteiger partial charge in [0.2, 0.25) is 0 Å². The first-order chi connectivity index (χ1) is 34.4. The minimum Gasteiger partial charge on any atom is -0.456 e. The van der Waals surface area contributed by atoms with E-state index in [2.05, 4.69) is 255 Å². The van der Waals surface area contributed by atoms with Gasteiger partial charge in [-0.15, -0.1) is 0 Å². The Labute approximate surface area is 408 Å². The van der Waals surface area contributed by atoms with Crippen LogP contribution in [0, 0.1) is 0 Å². The highest BCUT2D eigenvalue weighted by Crippen LogP contribution is 2.64. The molecule has 1 heterocycles. The van der Waals surface area contributed by atoms with Gasteiger partial charge in [0, 0.05) is 33.6 Å². The normalized spacial score (nSPS) is 14.2. The van der Waals surface area contributed by atoms with Crippen LogP contribution in [-0.4, -0.2) is 0 Å². The summed E-state index contributed by atoms with van der Waals surface area (Å²) >= 11 is 0. The monoisotopic (exact) mass is 891 g/mol. The zero-order valence-corrected chi connectivity index (χ0v) is 38.9. The lowest BCUT2D eigenvalue weighted by Crippen LogP contribution is -2.26. The largest absolute Gasteiger partial charge is 0.456 e. The molecule has 0 amide bonds. The summed E-state index contributed by atoms with van der Waals surface area (Å²) < 4.78 is 7.12. The molecule has 0 unspecified atom stereocenters. The van der Waals surface area contributed by atoms with E-state index in [1.807, 2.05) is 0 Å². The van der Waals surface area contributed by atoms with Crippen LogP contribution >= 0.6 is 0 Å². The third-order valence-corrected chi connectivity index (χ3v) is 16.1. The summed E-state index contributed by atoms with van der Waals surface area (Å²) in [5.41, 5.74) is 25.2. The Kier molecular flexibility index (Phi) is 8.08. The molecule has 0 saturated heterocycles. The predicted octanol–water partition coefficient (Wildman–Crippen LogP) is 18.1. The van der Waals surface area contributed by atoms with Crippen molar-refractivity contribution in [3.63, 3.8) is 0 Å². The van der Waals surface area contributed by atoms with Gasteiger partial charge in [0.25, 0.3) is 0 Å². The number of nitrogens with zero attached hydrogens (tertiary/aromatic N) is 1. The van der Waals surface area contributed by atoms with Crippen molar-refractivity contribution in [2.75, 3.05) is 4.90 Å². The smallest absolute Gasteiger partial charge is 0.135 e. The molecule has 0 atom stereocenters. The average molecular weight is 892 g/mol. The van der Waals surface area contributed by atoms with E-state index >= 15 is 0 Å². The zero-order chi connectivity index (χ0) is 46.3. The lowest BCUT2D eigenvalue weighted by atomic mass is 9.70. The molecule has 1 aliphatic heterocycles. The van der Waals surface area contributed by atoms with Crippen LogP contribution in [0.3, 0.4) is 0 Å². The summed E-state index contributed by atoms with van der Waals surface area (Å²) in [6.45, 7) is 4.75. The van der Waals surface area contributed by atoms with Gasteiger partial charge in [0.15, 0.2) is 0 Å². The van der Waals surface area contributed by atoms with Crippen LogP contribution in [-0.2, 0) is 10.8 Å². The van der Waals surface area contributed by atoms with Crippen LogP contribution in [0.25, 0.3) is 77.5 Å². The SMILES string of the molecule is CC1(C)c2ccccc2-c2ccc(N(c3ccc4c(c3)-c3cc(-c5ccccc5)ccc3-c3cc5ccccc5cc3O4)c3ccc4c(c3)C3(c5ccccc5-c5ccccc53)c3ccccc3-4)cc21. The number of hydrogen-bond acceptors (Lipinski definition) is 2. The molecule has 0 N–H and O–H groups in total. The van der Waals surface area contributed by atoms with Gasteiger partial charge >= 0.3 is 0 Å². The van der Waals surface area contributed by atoms with E-state index in [9.17, 15) is 0 Å². The van der Waals surface area contributed by atoms with E-state index in [4.69, 9.17) is 4.74 Å². The second-order valence-corrected chi connectivity index (χ2v) is 20.0. The van der Waals surface area contributed by atoms with E-state index in [-0.39, 0.29) is 5.41 Å². The Bertz CT molecular complexity index is 3960. The highest BCUT2D eigenvalue weighted by molar-refractivity contribution is 6.01. The maximum Gasteiger partial charge on any atom is 0.135 e. The minimum absolute atomic E-state index is 0.182. The van der Waals surface area contributed by atoms with Crippen LogP contribution in [0.5, 0.6) is 11.5 Å². The van der Waals surface area contributed by atoms with Crippen molar-refractivity contribution in [1.82, 2.24) is 0 Å². The van der Waals surface area contributed by atoms with Crippen molar-refractivity contribution in [2.45, 2.75) is 24.7 Å². The van der Waals surface area contributed by atoms with Gasteiger partial charge in [-0.25, -0.2) is 0 Å². The standard InChI is InChI=1S/C68H45NO/c1-67(2)59-24-12-8-20-50(59)54-33-29-47(40-63(54)67)69(48-30-34-55-53-23-11-15-27-62(53)68(64(55)41-48)60-25-13-9-21-51(60)52-22-10-14-26-61(52)68)46-31-35-65-58(39-46)56-36-45(42-16-4-3-5-17-42)28-32-49(56)57-37-43-18-6-7-19-44(43)38-66(57)70-65/h3-41H,1-2H3. The maximum atomic E-state index is 7.12. The quantitative estimate of drug-likeness (QED) is 0.175. The summed E-state index contributed by atoms with van der Waals surface area (Å²) in [5, 5.41) is 2.34. The molecule has 4 aliphatic rings. The topological polar surface area (TPSA) is 12.5 Å². The second-order valence-electron chi connectivity index (χ2n) is 20.0. The number of hydrogen-bond donors (Lipinski definition) is 0. The second kappa shape index (κ2) is 14.4. The summed E-state index contributed by atoms with van der Waals surface area (Å²) in [6, 6.07) is 88.1. The summed E-state index contributed by atoms with van der Waals surface area (Å²) in [7, 11) is 0. The van der Waals surface area contributed by atoms with Crippen molar-refractivity contribution in [3.05, 3.63) is 270 Å². The third-order valence-electron chi connectivity index (χ3n) is 16.1. The molecule has 2 nitrogen and oxygen atoms in total. The fourth-order valence-electron chi connectivity index (χ4n) is 12.9. The van der Waals surface area contributed by atoms with Crippen LogP contribution in [0.4, 0.5) is 17.1 Å². The minimum atomic E-state index is -0.480. The molecule has 0 radical (unpaired) electrons. The molecular formula is C68H45NO. The van der Waals surface area contributed by atoms with Crippen molar-refractivity contribution >= 4 is 27.8 Å². The number of ether oxygens (including phenoxy) is 1. The molecule has 15 rings (SSSR count). The van der Waals surface area contributed by atoms with Crippen LogP contribution in [0.2, 0.25) is 0 Å². The van der Waals surface area contributed by atoms with Gasteiger partial charge < -0.3 is 9.64 Å². The Morgan fingerprint density at radius 2 is 0.757 bits per heavy atom. The van der Waals surface area contributed by atoms with Gasteiger partial charge in [-0.2, -0.15) is 0 Å². The molecule has 0 bridgehead atoms. The predicted molar refractivity (Wildman–Crippen MR) is 289 cm³/mol. The van der Waals surface area contributed by atoms with E-state index in [0.717, 1.165) is 61.8 Å². The Hall–Kier alpha value is -8.72. The Morgan fingerprint density at radius 1 is 0.286 bits per heavy atom. The molecule has 3 aliphatic carbocycles. The summed E-state index contributed by atoms with van der Waals surface area (Å²) in [6.07, 6.45) is 0.